The lowest BCUT2D eigenvalue weighted by Gasteiger charge is -2.13. The fraction of sp³-hybridized carbons (Fsp3) is 0.0588. The quantitative estimate of drug-likeness (QED) is 0.663. The Labute approximate surface area is 131 Å². The predicted octanol–water partition coefficient (Wildman–Crippen LogP) is 5.34. The van der Waals surface area contributed by atoms with Crippen LogP contribution in [0.2, 0.25) is 5.02 Å². The molecule has 0 amide bonds. The third-order valence-corrected chi connectivity index (χ3v) is 4.56. The predicted molar refractivity (Wildman–Crippen MR) is 87.2 cm³/mol. The molecule has 3 aromatic rings. The van der Waals surface area contributed by atoms with Crippen molar-refractivity contribution in [1.82, 2.24) is 0 Å². The van der Waals surface area contributed by atoms with E-state index in [2.05, 4.69) is 22.0 Å². The molecule has 1 atom stereocenters. The number of hydrogen-bond donors (Lipinski definition) is 1. The van der Waals surface area contributed by atoms with Crippen LogP contribution in [-0.4, -0.2) is 5.11 Å². The summed E-state index contributed by atoms with van der Waals surface area (Å²) in [4.78, 5) is 0. The highest BCUT2D eigenvalue weighted by Crippen LogP contribution is 2.30. The lowest BCUT2D eigenvalue weighted by Crippen LogP contribution is -1.99. The van der Waals surface area contributed by atoms with E-state index in [1.807, 2.05) is 48.5 Å². The minimum atomic E-state index is -0.659. The second-order valence-corrected chi connectivity index (χ2v) is 5.94. The van der Waals surface area contributed by atoms with E-state index in [4.69, 9.17) is 11.6 Å². The summed E-state index contributed by atoms with van der Waals surface area (Å²) in [6.07, 6.45) is -0.659. The summed E-state index contributed by atoms with van der Waals surface area (Å²) >= 11 is 9.36. The van der Waals surface area contributed by atoms with Crippen LogP contribution in [-0.2, 0) is 0 Å². The molecule has 100 valence electrons. The maximum absolute atomic E-state index is 10.5. The molecule has 0 fully saturated rings. The Morgan fingerprint density at radius 2 is 1.50 bits per heavy atom. The van der Waals surface area contributed by atoms with E-state index in [1.165, 1.54) is 5.39 Å². The Morgan fingerprint density at radius 3 is 2.25 bits per heavy atom. The minimum Gasteiger partial charge on any atom is -0.384 e. The summed E-state index contributed by atoms with van der Waals surface area (Å²) in [5.74, 6) is 0. The first-order chi connectivity index (χ1) is 9.65. The van der Waals surface area contributed by atoms with Gasteiger partial charge in [0, 0.05) is 4.47 Å². The Morgan fingerprint density at radius 1 is 0.850 bits per heavy atom. The highest BCUT2D eigenvalue weighted by Gasteiger charge is 2.12. The fourth-order valence-corrected chi connectivity index (χ4v) is 2.77. The molecule has 1 unspecified atom stereocenters. The van der Waals surface area contributed by atoms with E-state index < -0.39 is 6.10 Å². The standard InChI is InChI=1S/C17H12BrClO/c18-15-10-14(7-8-16(15)19)17(20)13-6-5-11-3-1-2-4-12(11)9-13/h1-10,17,20H. The molecule has 0 saturated carbocycles. The van der Waals surface area contributed by atoms with Gasteiger partial charge in [-0.3, -0.25) is 0 Å². The molecule has 0 aromatic heterocycles. The van der Waals surface area contributed by atoms with E-state index in [0.717, 1.165) is 21.0 Å². The van der Waals surface area contributed by atoms with Gasteiger partial charge in [0.25, 0.3) is 0 Å². The second kappa shape index (κ2) is 5.57. The van der Waals surface area contributed by atoms with Crippen molar-refractivity contribution in [1.29, 1.82) is 0 Å². The smallest absolute Gasteiger partial charge is 0.104 e. The molecule has 1 nitrogen and oxygen atoms in total. The van der Waals surface area contributed by atoms with Crippen molar-refractivity contribution in [2.24, 2.45) is 0 Å². The molecule has 1 N–H and O–H groups in total. The largest absolute Gasteiger partial charge is 0.384 e. The van der Waals surface area contributed by atoms with Gasteiger partial charge in [-0.1, -0.05) is 54.1 Å². The van der Waals surface area contributed by atoms with Crippen LogP contribution < -0.4 is 0 Å². The number of hydrogen-bond acceptors (Lipinski definition) is 1. The van der Waals surface area contributed by atoms with Gasteiger partial charge in [0.05, 0.1) is 5.02 Å². The first-order valence-corrected chi connectivity index (χ1v) is 7.44. The second-order valence-electron chi connectivity index (χ2n) is 4.68. The van der Waals surface area contributed by atoms with E-state index in [-0.39, 0.29) is 0 Å². The first-order valence-electron chi connectivity index (χ1n) is 6.27. The molecule has 3 heteroatoms. The number of halogens is 2. The molecular formula is C17H12BrClO. The van der Waals surface area contributed by atoms with Gasteiger partial charge in [0.2, 0.25) is 0 Å². The van der Waals surface area contributed by atoms with Crippen molar-refractivity contribution in [2.75, 3.05) is 0 Å². The Bertz CT molecular complexity index is 770. The number of rotatable bonds is 2. The Hall–Kier alpha value is -1.35. The third-order valence-electron chi connectivity index (χ3n) is 3.35. The van der Waals surface area contributed by atoms with Gasteiger partial charge in [-0.15, -0.1) is 0 Å². The molecule has 0 aliphatic heterocycles. The molecule has 0 aliphatic carbocycles. The Balaban J connectivity index is 2.02. The number of aliphatic hydroxyl groups is 1. The van der Waals surface area contributed by atoms with Gasteiger partial charge in [-0.25, -0.2) is 0 Å². The number of aliphatic hydroxyl groups excluding tert-OH is 1. The molecular weight excluding hydrogens is 336 g/mol. The molecule has 0 aliphatic rings. The van der Waals surface area contributed by atoms with Crippen LogP contribution in [0.15, 0.2) is 65.1 Å². The van der Waals surface area contributed by atoms with Crippen molar-refractivity contribution in [3.63, 3.8) is 0 Å². The molecule has 0 spiro atoms. The summed E-state index contributed by atoms with van der Waals surface area (Å²) in [5, 5.41) is 13.4. The summed E-state index contributed by atoms with van der Waals surface area (Å²) in [6, 6.07) is 19.6. The van der Waals surface area contributed by atoms with Gasteiger partial charge in [0.15, 0.2) is 0 Å². The number of benzene rings is 3. The average molecular weight is 348 g/mol. The van der Waals surface area contributed by atoms with E-state index >= 15 is 0 Å². The Kier molecular flexibility index (Phi) is 3.79. The van der Waals surface area contributed by atoms with Crippen molar-refractivity contribution in [2.45, 2.75) is 6.10 Å². The van der Waals surface area contributed by atoms with Gasteiger partial charge >= 0.3 is 0 Å². The zero-order chi connectivity index (χ0) is 14.1. The van der Waals surface area contributed by atoms with Crippen molar-refractivity contribution in [3.05, 3.63) is 81.3 Å². The zero-order valence-corrected chi connectivity index (χ0v) is 12.9. The highest BCUT2D eigenvalue weighted by molar-refractivity contribution is 9.10. The topological polar surface area (TPSA) is 20.2 Å². The highest BCUT2D eigenvalue weighted by atomic mass is 79.9. The average Bonchev–Trinajstić information content (AvgIpc) is 2.49. The van der Waals surface area contributed by atoms with E-state index in [9.17, 15) is 5.11 Å². The van der Waals surface area contributed by atoms with Crippen LogP contribution in [0, 0.1) is 0 Å². The van der Waals surface area contributed by atoms with E-state index in [0.29, 0.717) is 5.02 Å². The molecule has 0 bridgehead atoms. The van der Waals surface area contributed by atoms with Crippen LogP contribution in [0.1, 0.15) is 17.2 Å². The van der Waals surface area contributed by atoms with Gasteiger partial charge in [-0.05, 0) is 56.0 Å². The maximum atomic E-state index is 10.5. The van der Waals surface area contributed by atoms with Crippen molar-refractivity contribution >= 4 is 38.3 Å². The summed E-state index contributed by atoms with van der Waals surface area (Å²) in [5.41, 5.74) is 1.69. The number of fused-ring (bicyclic) bond motifs is 1. The SMILES string of the molecule is OC(c1ccc(Cl)c(Br)c1)c1ccc2ccccc2c1. The van der Waals surface area contributed by atoms with Crippen LogP contribution in [0.3, 0.4) is 0 Å². The summed E-state index contributed by atoms with van der Waals surface area (Å²) < 4.78 is 0.788. The molecule has 3 aromatic carbocycles. The minimum absolute atomic E-state index is 0.638. The van der Waals surface area contributed by atoms with Crippen molar-refractivity contribution < 1.29 is 5.11 Å². The van der Waals surface area contributed by atoms with Gasteiger partial charge < -0.3 is 5.11 Å². The molecule has 0 heterocycles. The van der Waals surface area contributed by atoms with Crippen LogP contribution in [0.4, 0.5) is 0 Å². The van der Waals surface area contributed by atoms with Crippen LogP contribution in [0.25, 0.3) is 10.8 Å². The molecule has 20 heavy (non-hydrogen) atoms. The van der Waals surface area contributed by atoms with Gasteiger partial charge in [0.1, 0.15) is 6.10 Å². The molecule has 0 saturated heterocycles. The third kappa shape index (κ3) is 2.59. The van der Waals surface area contributed by atoms with Crippen LogP contribution in [0.5, 0.6) is 0 Å². The van der Waals surface area contributed by atoms with Crippen LogP contribution >= 0.6 is 27.5 Å². The van der Waals surface area contributed by atoms with Gasteiger partial charge in [-0.2, -0.15) is 0 Å². The monoisotopic (exact) mass is 346 g/mol. The normalized spacial score (nSPS) is 12.6. The first kappa shape index (κ1) is 13.6. The molecule has 0 radical (unpaired) electrons. The van der Waals surface area contributed by atoms with Crippen molar-refractivity contribution in [3.8, 4) is 0 Å². The van der Waals surface area contributed by atoms with E-state index in [1.54, 1.807) is 6.07 Å². The maximum Gasteiger partial charge on any atom is 0.104 e. The zero-order valence-electron chi connectivity index (χ0n) is 10.6. The summed E-state index contributed by atoms with van der Waals surface area (Å²) in [7, 11) is 0. The summed E-state index contributed by atoms with van der Waals surface area (Å²) in [6.45, 7) is 0. The lowest BCUT2D eigenvalue weighted by molar-refractivity contribution is 0.220. The lowest BCUT2D eigenvalue weighted by atomic mass is 9.99. The molecule has 3 rings (SSSR count). The fourth-order valence-electron chi connectivity index (χ4n) is 2.25.